The minimum absolute atomic E-state index is 0.0166. The van der Waals surface area contributed by atoms with Gasteiger partial charge in [0.1, 0.15) is 5.82 Å². The van der Waals surface area contributed by atoms with E-state index in [0.717, 1.165) is 47.4 Å². The Kier molecular flexibility index (Phi) is 7.29. The van der Waals surface area contributed by atoms with Crippen molar-refractivity contribution in [1.29, 1.82) is 0 Å². The number of anilines is 4. The van der Waals surface area contributed by atoms with E-state index in [1.807, 2.05) is 26.8 Å². The second-order valence-corrected chi connectivity index (χ2v) is 10.3. The summed E-state index contributed by atoms with van der Waals surface area (Å²) < 4.78 is 39.4. The van der Waals surface area contributed by atoms with E-state index in [1.54, 1.807) is 34.2 Å². The highest BCUT2D eigenvalue weighted by molar-refractivity contribution is 6.08. The van der Waals surface area contributed by atoms with Gasteiger partial charge >= 0.3 is 12.2 Å². The number of allylic oxidation sites excluding steroid dienone is 3. The van der Waals surface area contributed by atoms with Gasteiger partial charge in [0.15, 0.2) is 0 Å². The minimum Gasteiger partial charge on any atom is -0.328 e. The van der Waals surface area contributed by atoms with Crippen molar-refractivity contribution in [2.75, 3.05) is 20.4 Å². The van der Waals surface area contributed by atoms with Gasteiger partial charge in [-0.3, -0.25) is 14.6 Å². The molecule has 1 aliphatic carbocycles. The molecule has 5 rings (SSSR count). The second-order valence-electron chi connectivity index (χ2n) is 10.3. The van der Waals surface area contributed by atoms with Crippen LogP contribution in [0.1, 0.15) is 53.7 Å². The first kappa shape index (κ1) is 27.9. The summed E-state index contributed by atoms with van der Waals surface area (Å²) in [6, 6.07) is 9.04. The molecule has 41 heavy (non-hydrogen) atoms. The Morgan fingerprint density at radius 2 is 1.88 bits per heavy atom. The molecule has 8 nitrogen and oxygen atoms in total. The van der Waals surface area contributed by atoms with Crippen molar-refractivity contribution >= 4 is 35.1 Å². The summed E-state index contributed by atoms with van der Waals surface area (Å²) in [6.45, 7) is 9.70. The molecule has 1 aromatic heterocycles. The molecule has 1 fully saturated rings. The third-order valence-electron chi connectivity index (χ3n) is 6.73. The van der Waals surface area contributed by atoms with Crippen LogP contribution in [0.2, 0.25) is 0 Å². The molecule has 0 saturated heterocycles. The van der Waals surface area contributed by atoms with E-state index in [-0.39, 0.29) is 24.2 Å². The Labute approximate surface area is 235 Å². The minimum atomic E-state index is -4.56. The van der Waals surface area contributed by atoms with E-state index < -0.39 is 17.6 Å². The molecule has 2 N–H and O–H groups in total. The number of urea groups is 1. The molecule has 11 heteroatoms. The number of hydrogen-bond donors (Lipinski definition) is 2. The number of nitrogens with zero attached hydrogens (tertiary/aromatic N) is 4. The molecular formula is C30H29F3N6O2. The van der Waals surface area contributed by atoms with E-state index in [2.05, 4.69) is 27.2 Å². The summed E-state index contributed by atoms with van der Waals surface area (Å²) in [5, 5.41) is 5.81. The summed E-state index contributed by atoms with van der Waals surface area (Å²) in [5.41, 5.74) is 3.13. The van der Waals surface area contributed by atoms with Gasteiger partial charge in [0.2, 0.25) is 5.95 Å². The second kappa shape index (κ2) is 10.7. The monoisotopic (exact) mass is 562 g/mol. The van der Waals surface area contributed by atoms with E-state index >= 15 is 0 Å². The van der Waals surface area contributed by atoms with Gasteiger partial charge in [-0.15, -0.1) is 0 Å². The standard InChI is InChI=1S/C30H29F3N6O2/c1-17(2)12-19(4)35-28-34-15-21-16-38(29(41)39(24-10-11-24)26(21)37-28)25-14-23(9-8-18(25)3)36-27(40)20-6-5-7-22(13-20)30(31,32)33/h5-9,12-15,24H,1,10-11,16H2,2-4H3,(H,36,40)(H,34,35,37)/b19-12+. The number of aryl methyl sites for hydroxylation is 1. The Bertz CT molecular complexity index is 1580. The smallest absolute Gasteiger partial charge is 0.328 e. The lowest BCUT2D eigenvalue weighted by atomic mass is 10.1. The zero-order valence-electron chi connectivity index (χ0n) is 22.8. The van der Waals surface area contributed by atoms with Gasteiger partial charge in [-0.2, -0.15) is 18.2 Å². The molecule has 3 amide bonds. The molecule has 1 saturated carbocycles. The van der Waals surface area contributed by atoms with Gasteiger partial charge in [-0.25, -0.2) is 9.78 Å². The lowest BCUT2D eigenvalue weighted by Crippen LogP contribution is -2.49. The number of rotatable bonds is 7. The predicted molar refractivity (Wildman–Crippen MR) is 152 cm³/mol. The number of alkyl halides is 3. The van der Waals surface area contributed by atoms with Crippen LogP contribution in [0, 0.1) is 6.92 Å². The number of nitrogens with one attached hydrogen (secondary N) is 2. The van der Waals surface area contributed by atoms with Crippen molar-refractivity contribution in [2.45, 2.75) is 52.4 Å². The highest BCUT2D eigenvalue weighted by Gasteiger charge is 2.42. The quantitative estimate of drug-likeness (QED) is 0.301. The third-order valence-corrected chi connectivity index (χ3v) is 6.73. The molecule has 0 spiro atoms. The van der Waals surface area contributed by atoms with Crippen molar-refractivity contribution < 1.29 is 22.8 Å². The SMILES string of the molecule is C=C(C)/C=C(\C)Nc1ncc2c(n1)N(C1CC1)C(=O)N(c1cc(NC(=O)c3cccc(C(F)(F)F)c3)ccc1C)C2. The number of aromatic nitrogens is 2. The summed E-state index contributed by atoms with van der Waals surface area (Å²) >= 11 is 0. The Morgan fingerprint density at radius 1 is 1.12 bits per heavy atom. The predicted octanol–water partition coefficient (Wildman–Crippen LogP) is 7.06. The molecule has 0 atom stereocenters. The molecule has 2 aromatic carbocycles. The molecule has 0 unspecified atom stereocenters. The summed E-state index contributed by atoms with van der Waals surface area (Å²) in [5.74, 6) is 0.243. The maximum Gasteiger partial charge on any atom is 0.416 e. The van der Waals surface area contributed by atoms with Crippen LogP contribution in [0.4, 0.5) is 41.1 Å². The fourth-order valence-electron chi connectivity index (χ4n) is 4.69. The van der Waals surface area contributed by atoms with E-state index in [1.165, 1.54) is 12.1 Å². The summed E-state index contributed by atoms with van der Waals surface area (Å²) in [6.07, 6.45) is 0.712. The topological polar surface area (TPSA) is 90.5 Å². The molecule has 1 aliphatic heterocycles. The average Bonchev–Trinajstić information content (AvgIpc) is 3.74. The average molecular weight is 563 g/mol. The molecule has 212 valence electrons. The van der Waals surface area contributed by atoms with Gasteiger partial charge in [0.25, 0.3) is 5.91 Å². The fraction of sp³-hybridized carbons (Fsp3) is 0.267. The number of amides is 3. The highest BCUT2D eigenvalue weighted by atomic mass is 19.4. The number of fused-ring (bicyclic) bond motifs is 1. The zero-order chi connectivity index (χ0) is 29.5. The van der Waals surface area contributed by atoms with Crippen molar-refractivity contribution in [1.82, 2.24) is 9.97 Å². The van der Waals surface area contributed by atoms with Crippen LogP contribution in [0.3, 0.4) is 0 Å². The van der Waals surface area contributed by atoms with Gasteiger partial charge in [0.05, 0.1) is 17.8 Å². The Morgan fingerprint density at radius 3 is 2.56 bits per heavy atom. The van der Waals surface area contributed by atoms with E-state index in [4.69, 9.17) is 0 Å². The molecule has 0 radical (unpaired) electrons. The molecular weight excluding hydrogens is 533 g/mol. The number of carbonyl (C=O) groups excluding carboxylic acids is 2. The molecule has 2 heterocycles. The zero-order valence-corrected chi connectivity index (χ0v) is 22.8. The molecule has 3 aromatic rings. The first-order valence-corrected chi connectivity index (χ1v) is 13.1. The van der Waals surface area contributed by atoms with Crippen LogP contribution in [-0.4, -0.2) is 27.9 Å². The van der Waals surface area contributed by atoms with Crippen molar-refractivity contribution in [2.24, 2.45) is 0 Å². The van der Waals surface area contributed by atoms with Crippen molar-refractivity contribution in [3.63, 3.8) is 0 Å². The van der Waals surface area contributed by atoms with Crippen molar-refractivity contribution in [3.05, 3.63) is 94.8 Å². The summed E-state index contributed by atoms with van der Waals surface area (Å²) in [7, 11) is 0. The lowest BCUT2D eigenvalue weighted by molar-refractivity contribution is -0.137. The molecule has 0 bridgehead atoms. The van der Waals surface area contributed by atoms with Crippen LogP contribution in [0.5, 0.6) is 0 Å². The first-order chi connectivity index (χ1) is 19.4. The Hall–Kier alpha value is -4.67. The largest absolute Gasteiger partial charge is 0.416 e. The fourth-order valence-corrected chi connectivity index (χ4v) is 4.69. The first-order valence-electron chi connectivity index (χ1n) is 13.1. The van der Waals surface area contributed by atoms with Gasteiger partial charge < -0.3 is 10.6 Å². The third kappa shape index (κ3) is 6.08. The van der Waals surface area contributed by atoms with Gasteiger partial charge in [-0.1, -0.05) is 24.3 Å². The number of benzene rings is 2. The van der Waals surface area contributed by atoms with Crippen molar-refractivity contribution in [3.8, 4) is 0 Å². The number of carbonyl (C=O) groups is 2. The Balaban J connectivity index is 1.42. The van der Waals surface area contributed by atoms with Crippen LogP contribution >= 0.6 is 0 Å². The molecule has 2 aliphatic rings. The highest BCUT2D eigenvalue weighted by Crippen LogP contribution is 2.40. The number of halogens is 3. The maximum absolute atomic E-state index is 13.8. The van der Waals surface area contributed by atoms with Gasteiger partial charge in [-0.05, 0) is 75.6 Å². The van der Waals surface area contributed by atoms with Crippen LogP contribution in [0.25, 0.3) is 0 Å². The normalized spacial score (nSPS) is 15.5. The van der Waals surface area contributed by atoms with E-state index in [9.17, 15) is 22.8 Å². The lowest BCUT2D eigenvalue weighted by Gasteiger charge is -2.37. The van der Waals surface area contributed by atoms with Crippen LogP contribution in [0.15, 0.2) is 72.6 Å². The van der Waals surface area contributed by atoms with Crippen LogP contribution in [-0.2, 0) is 12.7 Å². The van der Waals surface area contributed by atoms with E-state index in [0.29, 0.717) is 23.1 Å². The summed E-state index contributed by atoms with van der Waals surface area (Å²) in [4.78, 5) is 39.1. The maximum atomic E-state index is 13.8. The number of hydrogen-bond acceptors (Lipinski definition) is 5. The van der Waals surface area contributed by atoms with Crippen LogP contribution < -0.4 is 20.4 Å². The van der Waals surface area contributed by atoms with Gasteiger partial charge in [0, 0.05) is 34.8 Å².